The second kappa shape index (κ2) is 4.99. The fraction of sp³-hybridized carbons (Fsp3) is 0.333. The van der Waals surface area contributed by atoms with Crippen molar-refractivity contribution in [1.82, 2.24) is 0 Å². The van der Waals surface area contributed by atoms with E-state index < -0.39 is 24.2 Å². The number of halogens is 6. The molecule has 0 saturated carbocycles. The predicted octanol–water partition coefficient (Wildman–Crippen LogP) is 2.62. The van der Waals surface area contributed by atoms with Crippen molar-refractivity contribution in [1.29, 1.82) is 0 Å². The quantitative estimate of drug-likeness (QED) is 0.622. The molecule has 0 bridgehead atoms. The van der Waals surface area contributed by atoms with Gasteiger partial charge in [-0.2, -0.15) is 0 Å². The third kappa shape index (κ3) is 4.76. The molecular formula is C9H7BF6O2. The maximum Gasteiger partial charge on any atom is 0.573 e. The van der Waals surface area contributed by atoms with Crippen LogP contribution in [0.3, 0.4) is 0 Å². The minimum absolute atomic E-state index is 0.348. The zero-order valence-corrected chi connectivity index (χ0v) is 9.02. The first-order valence-electron chi connectivity index (χ1n) is 4.75. The molecule has 0 saturated heterocycles. The molecule has 1 rings (SSSR count). The summed E-state index contributed by atoms with van der Waals surface area (Å²) in [5.74, 6) is -2.05. The van der Waals surface area contributed by atoms with E-state index in [1.807, 2.05) is 0 Å². The minimum atomic E-state index is -5.09. The molecule has 1 aromatic carbocycles. The average molecular weight is 272 g/mol. The molecule has 0 unspecified atom stereocenters. The second-order valence-electron chi connectivity index (χ2n) is 3.23. The van der Waals surface area contributed by atoms with Gasteiger partial charge in [0.25, 0.3) is 0 Å². The number of rotatable bonds is 3. The zero-order valence-electron chi connectivity index (χ0n) is 9.02. The lowest BCUT2D eigenvalue weighted by atomic mass is 9.97. The minimum Gasteiger partial charge on any atom is -0.402 e. The highest BCUT2D eigenvalue weighted by molar-refractivity contribution is 6.08. The normalized spacial score (nSPS) is 12.3. The van der Waals surface area contributed by atoms with Gasteiger partial charge in [0.05, 0.1) is 0 Å². The highest BCUT2D eigenvalue weighted by Crippen LogP contribution is 2.36. The van der Waals surface area contributed by atoms with Crippen molar-refractivity contribution in [2.24, 2.45) is 0 Å². The van der Waals surface area contributed by atoms with Crippen LogP contribution in [0.5, 0.6) is 11.5 Å². The molecule has 0 aliphatic heterocycles. The molecule has 0 aliphatic rings. The molecule has 1 aromatic rings. The lowest BCUT2D eigenvalue weighted by Crippen LogP contribution is -2.21. The van der Waals surface area contributed by atoms with Gasteiger partial charge in [-0.05, 0) is 12.1 Å². The van der Waals surface area contributed by atoms with Crippen LogP contribution in [0.25, 0.3) is 0 Å². The van der Waals surface area contributed by atoms with Crippen molar-refractivity contribution in [2.45, 2.75) is 19.0 Å². The summed E-state index contributed by atoms with van der Waals surface area (Å²) in [4.78, 5) is 0. The van der Waals surface area contributed by atoms with Crippen molar-refractivity contribution in [3.8, 4) is 11.5 Å². The number of benzene rings is 1. The van der Waals surface area contributed by atoms with Gasteiger partial charge < -0.3 is 9.47 Å². The Hall–Kier alpha value is -1.54. The highest BCUT2D eigenvalue weighted by Gasteiger charge is 2.36. The molecule has 2 nitrogen and oxygen atoms in total. The van der Waals surface area contributed by atoms with Gasteiger partial charge in [-0.15, -0.1) is 26.3 Å². The first kappa shape index (κ1) is 14.5. The summed E-state index contributed by atoms with van der Waals surface area (Å²) in [6.45, 7) is 0. The molecule has 0 spiro atoms. The lowest BCUT2D eigenvalue weighted by Gasteiger charge is -2.16. The van der Waals surface area contributed by atoms with E-state index in [1.165, 1.54) is 6.07 Å². The van der Waals surface area contributed by atoms with E-state index in [1.54, 1.807) is 7.85 Å². The molecular weight excluding hydrogens is 265 g/mol. The summed E-state index contributed by atoms with van der Waals surface area (Å²) in [6, 6.07) is 2.87. The van der Waals surface area contributed by atoms with E-state index in [0.29, 0.717) is 11.9 Å². The lowest BCUT2D eigenvalue weighted by molar-refractivity contribution is -0.287. The molecule has 9 heteroatoms. The SMILES string of the molecule is BCc1ccc(OC(F)(F)F)c(OC(F)(F)F)c1. The van der Waals surface area contributed by atoms with Gasteiger partial charge in [-0.25, -0.2) is 0 Å². The Morgan fingerprint density at radius 1 is 0.889 bits per heavy atom. The van der Waals surface area contributed by atoms with Gasteiger partial charge in [0.15, 0.2) is 11.5 Å². The topological polar surface area (TPSA) is 18.5 Å². The number of ether oxygens (including phenoxy) is 2. The van der Waals surface area contributed by atoms with Gasteiger partial charge in [-0.1, -0.05) is 17.9 Å². The molecule has 0 aliphatic carbocycles. The number of hydrogen-bond donors (Lipinski definition) is 0. The molecule has 0 heterocycles. The summed E-state index contributed by atoms with van der Waals surface area (Å²) in [5.41, 5.74) is 0.392. The van der Waals surface area contributed by atoms with Crippen LogP contribution in [0.2, 0.25) is 0 Å². The van der Waals surface area contributed by atoms with Crippen LogP contribution < -0.4 is 9.47 Å². The van der Waals surface area contributed by atoms with Crippen molar-refractivity contribution in [3.63, 3.8) is 0 Å². The molecule has 0 radical (unpaired) electrons. The monoisotopic (exact) mass is 272 g/mol. The van der Waals surface area contributed by atoms with Gasteiger partial charge in [-0.3, -0.25) is 0 Å². The third-order valence-corrected chi connectivity index (χ3v) is 1.87. The zero-order chi connectivity index (χ0) is 14.0. The largest absolute Gasteiger partial charge is 0.573 e. The van der Waals surface area contributed by atoms with Gasteiger partial charge in [0.1, 0.15) is 7.85 Å². The maximum atomic E-state index is 12.0. The summed E-state index contributed by atoms with van der Waals surface area (Å²) < 4.78 is 79.0. The molecule has 0 aromatic heterocycles. The summed E-state index contributed by atoms with van der Waals surface area (Å²) in [5, 5.41) is 0. The Morgan fingerprint density at radius 3 is 1.83 bits per heavy atom. The molecule has 0 atom stereocenters. The Balaban J connectivity index is 3.08. The first-order valence-corrected chi connectivity index (χ1v) is 4.75. The smallest absolute Gasteiger partial charge is 0.402 e. The van der Waals surface area contributed by atoms with E-state index in [2.05, 4.69) is 9.47 Å². The molecule has 18 heavy (non-hydrogen) atoms. The third-order valence-electron chi connectivity index (χ3n) is 1.87. The van der Waals surface area contributed by atoms with E-state index in [4.69, 9.17) is 0 Å². The Labute approximate surface area is 98.9 Å². The van der Waals surface area contributed by atoms with Crippen molar-refractivity contribution in [3.05, 3.63) is 23.8 Å². The fourth-order valence-electron chi connectivity index (χ4n) is 1.19. The van der Waals surface area contributed by atoms with Crippen LogP contribution in [-0.2, 0) is 6.32 Å². The van der Waals surface area contributed by atoms with Gasteiger partial charge in [0, 0.05) is 0 Å². The standard InChI is InChI=1S/C9H7BF6O2/c10-4-5-1-2-6(17-8(11,12)13)7(3-5)18-9(14,15)16/h1-3H,4,10H2. The number of alkyl halides is 6. The average Bonchev–Trinajstić information content (AvgIpc) is 2.16. The van der Waals surface area contributed by atoms with E-state index in [9.17, 15) is 26.3 Å². The summed E-state index contributed by atoms with van der Waals surface area (Å²) in [7, 11) is 1.64. The Morgan fingerprint density at radius 2 is 1.39 bits per heavy atom. The fourth-order valence-corrected chi connectivity index (χ4v) is 1.19. The van der Waals surface area contributed by atoms with Crippen LogP contribution in [0, 0.1) is 0 Å². The van der Waals surface area contributed by atoms with Crippen molar-refractivity contribution >= 4 is 7.85 Å². The van der Waals surface area contributed by atoms with E-state index >= 15 is 0 Å². The summed E-state index contributed by atoms with van der Waals surface area (Å²) in [6.07, 6.45) is -9.83. The van der Waals surface area contributed by atoms with Gasteiger partial charge in [0.2, 0.25) is 0 Å². The van der Waals surface area contributed by atoms with Crippen molar-refractivity contribution < 1.29 is 35.8 Å². The molecule has 100 valence electrons. The Bertz CT molecular complexity index is 414. The maximum absolute atomic E-state index is 12.0. The number of hydrogen-bond acceptors (Lipinski definition) is 2. The molecule has 0 amide bonds. The predicted molar refractivity (Wildman–Crippen MR) is 52.1 cm³/mol. The Kier molecular flexibility index (Phi) is 4.03. The van der Waals surface area contributed by atoms with Crippen LogP contribution in [0.1, 0.15) is 5.56 Å². The van der Waals surface area contributed by atoms with Crippen molar-refractivity contribution in [2.75, 3.05) is 0 Å². The van der Waals surface area contributed by atoms with Crippen LogP contribution in [0.15, 0.2) is 18.2 Å². The van der Waals surface area contributed by atoms with Crippen LogP contribution in [0.4, 0.5) is 26.3 Å². The molecule has 0 fully saturated rings. The van der Waals surface area contributed by atoms with E-state index in [0.717, 1.165) is 12.1 Å². The second-order valence-corrected chi connectivity index (χ2v) is 3.23. The van der Waals surface area contributed by atoms with Crippen LogP contribution in [-0.4, -0.2) is 20.6 Å². The van der Waals surface area contributed by atoms with Crippen LogP contribution >= 0.6 is 0 Å². The van der Waals surface area contributed by atoms with Gasteiger partial charge >= 0.3 is 12.7 Å². The highest BCUT2D eigenvalue weighted by atomic mass is 19.4. The molecule has 0 N–H and O–H groups in total. The first-order chi connectivity index (χ1) is 8.11. The van der Waals surface area contributed by atoms with E-state index in [-0.39, 0.29) is 0 Å². The summed E-state index contributed by atoms with van der Waals surface area (Å²) >= 11 is 0.